The monoisotopic (exact) mass is 366 g/mol. The lowest BCUT2D eigenvalue weighted by molar-refractivity contribution is 0.199. The molecule has 0 saturated carbocycles. The summed E-state index contributed by atoms with van der Waals surface area (Å²) in [7, 11) is 1.73. The highest BCUT2D eigenvalue weighted by atomic mass is 35.5. The van der Waals surface area contributed by atoms with E-state index in [4.69, 9.17) is 20.9 Å². The Morgan fingerprint density at radius 1 is 1.32 bits per heavy atom. The molecule has 0 aliphatic rings. The van der Waals surface area contributed by atoms with Crippen LogP contribution in [0.3, 0.4) is 0 Å². The van der Waals surface area contributed by atoms with E-state index in [0.717, 1.165) is 0 Å². The van der Waals surface area contributed by atoms with Crippen molar-refractivity contribution in [2.75, 3.05) is 13.6 Å². The Kier molecular flexibility index (Phi) is 6.25. The molecule has 1 heterocycles. The van der Waals surface area contributed by atoms with Crippen LogP contribution < -0.4 is 10.1 Å². The number of amides is 2. The number of nitrogens with zero attached hydrogens (tertiary/aromatic N) is 3. The van der Waals surface area contributed by atoms with E-state index in [1.54, 1.807) is 36.2 Å². The molecule has 0 saturated heterocycles. The lowest BCUT2D eigenvalue weighted by Crippen LogP contribution is -2.47. The van der Waals surface area contributed by atoms with Gasteiger partial charge in [0.05, 0.1) is 0 Å². The summed E-state index contributed by atoms with van der Waals surface area (Å²) in [6, 6.07) is 6.89. The Morgan fingerprint density at radius 2 is 2.00 bits per heavy atom. The number of hydrogen-bond acceptors (Lipinski definition) is 5. The molecule has 1 aromatic carbocycles. The minimum Gasteiger partial charge on any atom is -0.484 e. The van der Waals surface area contributed by atoms with Crippen LogP contribution in [0.5, 0.6) is 5.75 Å². The van der Waals surface area contributed by atoms with Gasteiger partial charge in [0.1, 0.15) is 5.75 Å². The van der Waals surface area contributed by atoms with Gasteiger partial charge in [-0.2, -0.15) is 4.98 Å². The number of halogens is 1. The molecule has 0 unspecified atom stereocenters. The van der Waals surface area contributed by atoms with Crippen LogP contribution in [0.2, 0.25) is 5.02 Å². The number of rotatable bonds is 6. The van der Waals surface area contributed by atoms with Gasteiger partial charge < -0.3 is 19.5 Å². The molecular weight excluding hydrogens is 344 g/mol. The van der Waals surface area contributed by atoms with Gasteiger partial charge >= 0.3 is 6.03 Å². The maximum absolute atomic E-state index is 12.0. The number of nitrogens with one attached hydrogen (secondary N) is 1. The first-order valence-corrected chi connectivity index (χ1v) is 8.34. The average molecular weight is 367 g/mol. The fraction of sp³-hybridized carbons (Fsp3) is 0.471. The van der Waals surface area contributed by atoms with Crippen LogP contribution in [0.15, 0.2) is 28.8 Å². The van der Waals surface area contributed by atoms with Crippen LogP contribution in [0, 0.1) is 0 Å². The molecule has 1 aromatic heterocycles. The fourth-order valence-corrected chi connectivity index (χ4v) is 2.04. The zero-order valence-corrected chi connectivity index (χ0v) is 15.6. The summed E-state index contributed by atoms with van der Waals surface area (Å²) in [5.74, 6) is 1.58. The standard InChI is InChI=1S/C17H23ClN4O3/c1-17(2,3)20-16(23)22(4)10-9-14-19-15(25-21-14)11-24-13-7-5-12(18)6-8-13/h5-8H,9-11H2,1-4H3,(H,20,23). The molecule has 1 N–H and O–H groups in total. The van der Waals surface area contributed by atoms with Crippen molar-refractivity contribution in [1.29, 1.82) is 0 Å². The highest BCUT2D eigenvalue weighted by Crippen LogP contribution is 2.16. The Labute approximate surface area is 152 Å². The summed E-state index contributed by atoms with van der Waals surface area (Å²) in [6.07, 6.45) is 0.499. The van der Waals surface area contributed by atoms with Crippen molar-refractivity contribution in [2.45, 2.75) is 39.3 Å². The third-order valence-corrected chi connectivity index (χ3v) is 3.44. The largest absolute Gasteiger partial charge is 0.484 e. The number of carbonyl (C=O) groups is 1. The minimum atomic E-state index is -0.274. The first-order chi connectivity index (χ1) is 11.7. The fourth-order valence-electron chi connectivity index (χ4n) is 1.91. The van der Waals surface area contributed by atoms with Gasteiger partial charge in [-0.1, -0.05) is 16.8 Å². The predicted molar refractivity (Wildman–Crippen MR) is 94.7 cm³/mol. The lowest BCUT2D eigenvalue weighted by atomic mass is 10.1. The first-order valence-electron chi connectivity index (χ1n) is 7.96. The van der Waals surface area contributed by atoms with Gasteiger partial charge in [0, 0.05) is 30.6 Å². The van der Waals surface area contributed by atoms with Gasteiger partial charge in [-0.25, -0.2) is 4.79 Å². The molecule has 0 aliphatic heterocycles. The molecule has 0 spiro atoms. The first kappa shape index (κ1) is 19.1. The van der Waals surface area contributed by atoms with Crippen LogP contribution in [0.4, 0.5) is 4.79 Å². The van der Waals surface area contributed by atoms with Crippen molar-refractivity contribution in [3.63, 3.8) is 0 Å². The van der Waals surface area contributed by atoms with Crippen molar-refractivity contribution in [3.8, 4) is 5.75 Å². The number of benzene rings is 1. The summed E-state index contributed by atoms with van der Waals surface area (Å²) < 4.78 is 10.7. The van der Waals surface area contributed by atoms with Crippen LogP contribution in [0.1, 0.15) is 32.5 Å². The summed E-state index contributed by atoms with van der Waals surface area (Å²) in [5, 5.41) is 7.44. The Bertz CT molecular complexity index is 695. The number of ether oxygens (including phenoxy) is 1. The van der Waals surface area contributed by atoms with Gasteiger partial charge in [0.15, 0.2) is 12.4 Å². The van der Waals surface area contributed by atoms with Gasteiger partial charge in [0.2, 0.25) is 0 Å². The number of aromatic nitrogens is 2. The molecule has 0 bridgehead atoms. The SMILES string of the molecule is CN(CCc1noc(COc2ccc(Cl)cc2)n1)C(=O)NC(C)(C)C. The second-order valence-corrected chi connectivity index (χ2v) is 7.14. The Balaban J connectivity index is 1.79. The molecule has 0 aliphatic carbocycles. The van der Waals surface area contributed by atoms with Gasteiger partial charge in [0.25, 0.3) is 5.89 Å². The van der Waals surface area contributed by atoms with Crippen molar-refractivity contribution in [3.05, 3.63) is 41.0 Å². The number of carbonyl (C=O) groups excluding carboxylic acids is 1. The van der Waals surface area contributed by atoms with Crippen LogP contribution >= 0.6 is 11.6 Å². The second-order valence-electron chi connectivity index (χ2n) is 6.70. The third-order valence-electron chi connectivity index (χ3n) is 3.19. The topological polar surface area (TPSA) is 80.5 Å². The van der Waals surface area contributed by atoms with E-state index in [9.17, 15) is 4.79 Å². The number of hydrogen-bond donors (Lipinski definition) is 1. The molecule has 8 heteroatoms. The van der Waals surface area contributed by atoms with Gasteiger partial charge in [-0.3, -0.25) is 0 Å². The van der Waals surface area contributed by atoms with Crippen molar-refractivity contribution in [2.24, 2.45) is 0 Å². The average Bonchev–Trinajstić information content (AvgIpc) is 2.98. The summed E-state index contributed by atoms with van der Waals surface area (Å²) in [5.41, 5.74) is -0.274. The van der Waals surface area contributed by atoms with Crippen molar-refractivity contribution < 1.29 is 14.1 Å². The van der Waals surface area contributed by atoms with E-state index in [1.165, 1.54) is 0 Å². The second kappa shape index (κ2) is 8.20. The van der Waals surface area contributed by atoms with Gasteiger partial charge in [-0.05, 0) is 45.0 Å². The minimum absolute atomic E-state index is 0.137. The van der Waals surface area contributed by atoms with E-state index >= 15 is 0 Å². The molecule has 0 radical (unpaired) electrons. The lowest BCUT2D eigenvalue weighted by Gasteiger charge is -2.25. The smallest absolute Gasteiger partial charge is 0.317 e. The molecule has 0 fully saturated rings. The van der Waals surface area contributed by atoms with Gasteiger partial charge in [-0.15, -0.1) is 0 Å². The molecule has 2 amide bonds. The van der Waals surface area contributed by atoms with Crippen LogP contribution in [-0.2, 0) is 13.0 Å². The maximum Gasteiger partial charge on any atom is 0.317 e. The predicted octanol–water partition coefficient (Wildman–Crippen LogP) is 3.28. The highest BCUT2D eigenvalue weighted by molar-refractivity contribution is 6.30. The molecule has 7 nitrogen and oxygen atoms in total. The Hall–Kier alpha value is -2.28. The molecule has 25 heavy (non-hydrogen) atoms. The highest BCUT2D eigenvalue weighted by Gasteiger charge is 2.17. The zero-order chi connectivity index (χ0) is 18.4. The Morgan fingerprint density at radius 3 is 2.64 bits per heavy atom. The normalized spacial score (nSPS) is 11.2. The van der Waals surface area contributed by atoms with E-state index in [2.05, 4.69) is 15.5 Å². The summed E-state index contributed by atoms with van der Waals surface area (Å²) in [4.78, 5) is 17.8. The molecule has 2 rings (SSSR count). The quantitative estimate of drug-likeness (QED) is 0.848. The molecule has 136 valence electrons. The molecule has 2 aromatic rings. The van der Waals surface area contributed by atoms with Crippen molar-refractivity contribution in [1.82, 2.24) is 20.4 Å². The van der Waals surface area contributed by atoms with E-state index in [-0.39, 0.29) is 18.2 Å². The van der Waals surface area contributed by atoms with Crippen molar-refractivity contribution >= 4 is 17.6 Å². The molecule has 0 atom stereocenters. The van der Waals surface area contributed by atoms with E-state index in [1.807, 2.05) is 20.8 Å². The zero-order valence-electron chi connectivity index (χ0n) is 14.9. The maximum atomic E-state index is 12.0. The summed E-state index contributed by atoms with van der Waals surface area (Å²) in [6.45, 7) is 6.47. The number of likely N-dealkylation sites (N-methyl/N-ethyl adjacent to an activating group) is 1. The summed E-state index contributed by atoms with van der Waals surface area (Å²) >= 11 is 5.82. The molecular formula is C17H23ClN4O3. The van der Waals surface area contributed by atoms with Crippen LogP contribution in [0.25, 0.3) is 0 Å². The van der Waals surface area contributed by atoms with E-state index in [0.29, 0.717) is 35.5 Å². The number of urea groups is 1. The van der Waals surface area contributed by atoms with Crippen LogP contribution in [-0.4, -0.2) is 40.2 Å². The third kappa shape index (κ3) is 6.62. The van der Waals surface area contributed by atoms with E-state index < -0.39 is 0 Å².